The van der Waals surface area contributed by atoms with E-state index in [0.717, 1.165) is 82.2 Å². The molecule has 3 fully saturated rings. The molecule has 3 heterocycles. The molecule has 3 saturated heterocycles. The summed E-state index contributed by atoms with van der Waals surface area (Å²) in [7, 11) is 1.70. The van der Waals surface area contributed by atoms with Gasteiger partial charge in [-0.05, 0) is 74.0 Å². The molecule has 9 heteroatoms. The van der Waals surface area contributed by atoms with Crippen LogP contribution in [-0.4, -0.2) is 91.9 Å². The van der Waals surface area contributed by atoms with Gasteiger partial charge in [0.25, 0.3) is 0 Å². The molecule has 0 bridgehead atoms. The molecule has 222 valence electrons. The first-order valence-corrected chi connectivity index (χ1v) is 15.9. The largest absolute Gasteiger partial charge is 0.492 e. The second-order valence-corrected chi connectivity index (χ2v) is 12.2. The van der Waals surface area contributed by atoms with Crippen LogP contribution in [0.5, 0.6) is 5.75 Å². The highest BCUT2D eigenvalue weighted by molar-refractivity contribution is 6.35. The number of amides is 2. The maximum absolute atomic E-state index is 13.2. The van der Waals surface area contributed by atoms with Gasteiger partial charge in [-0.1, -0.05) is 47.5 Å². The average Bonchev–Trinajstić information content (AvgIpc) is 3.71. The number of nitrogens with zero attached hydrogens (tertiary/aromatic N) is 3. The maximum atomic E-state index is 13.2. The molecule has 41 heavy (non-hydrogen) atoms. The number of nitrogens with one attached hydrogen (secondary N) is 1. The molecule has 2 aromatic rings. The Balaban J connectivity index is 1.29. The summed E-state index contributed by atoms with van der Waals surface area (Å²) in [4.78, 5) is 17.6. The van der Waals surface area contributed by atoms with E-state index in [1.165, 1.54) is 31.5 Å². The van der Waals surface area contributed by atoms with Crippen LogP contribution in [0.3, 0.4) is 0 Å². The molecular weight excluding hydrogens is 559 g/mol. The molecule has 1 N–H and O–H groups in total. The van der Waals surface area contributed by atoms with E-state index in [4.69, 9.17) is 32.7 Å². The van der Waals surface area contributed by atoms with E-state index in [0.29, 0.717) is 22.4 Å². The number of hydrogen-bond donors (Lipinski definition) is 1. The maximum Gasteiger partial charge on any atom is 0.359 e. The van der Waals surface area contributed by atoms with Gasteiger partial charge in [0.1, 0.15) is 25.4 Å². The van der Waals surface area contributed by atoms with E-state index in [-0.39, 0.29) is 12.1 Å². The number of methoxy groups -OCH3 is 1. The van der Waals surface area contributed by atoms with Crippen molar-refractivity contribution in [3.63, 3.8) is 0 Å². The Kier molecular flexibility index (Phi) is 10.7. The van der Waals surface area contributed by atoms with Gasteiger partial charge in [0.2, 0.25) is 0 Å². The molecular formula is C32H43Cl2N4O3+. The number of ether oxygens (including phenoxy) is 2. The van der Waals surface area contributed by atoms with Gasteiger partial charge in [0.15, 0.2) is 6.04 Å². The normalized spacial score (nSPS) is 20.2. The quantitative estimate of drug-likeness (QED) is 0.291. The number of halogens is 2. The van der Waals surface area contributed by atoms with Crippen molar-refractivity contribution in [2.75, 3.05) is 59.5 Å². The topological polar surface area (TPSA) is 57.1 Å². The van der Waals surface area contributed by atoms with Crippen LogP contribution < -0.4 is 10.1 Å². The predicted molar refractivity (Wildman–Crippen MR) is 165 cm³/mol. The smallest absolute Gasteiger partial charge is 0.359 e. The zero-order valence-corrected chi connectivity index (χ0v) is 25.6. The van der Waals surface area contributed by atoms with Crippen molar-refractivity contribution in [3.05, 3.63) is 63.6 Å². The lowest BCUT2D eigenvalue weighted by Gasteiger charge is -2.27. The summed E-state index contributed by atoms with van der Waals surface area (Å²) in [6.45, 7) is 7.32. The summed E-state index contributed by atoms with van der Waals surface area (Å²) in [5, 5.41) is 4.45. The molecule has 3 aliphatic heterocycles. The Labute approximate surface area is 254 Å². The second-order valence-electron chi connectivity index (χ2n) is 11.4. The number of piperidine rings is 1. The Morgan fingerprint density at radius 1 is 1.02 bits per heavy atom. The van der Waals surface area contributed by atoms with Gasteiger partial charge in [-0.2, -0.15) is 0 Å². The van der Waals surface area contributed by atoms with Crippen molar-refractivity contribution < 1.29 is 18.8 Å². The van der Waals surface area contributed by atoms with E-state index in [1.54, 1.807) is 13.2 Å². The van der Waals surface area contributed by atoms with Crippen LogP contribution >= 0.6 is 23.2 Å². The number of carbonyl (C=O) groups is 1. The van der Waals surface area contributed by atoms with Gasteiger partial charge in [0.05, 0.1) is 7.11 Å². The van der Waals surface area contributed by atoms with Crippen molar-refractivity contribution in [2.24, 2.45) is 0 Å². The standard InChI is InChI=1S/C32H42Cl2N4O3/c1-40-31(29(35-32(39)38-16-6-7-17-38)22-25-10-11-26(33)23-28(25)34)37-18-12-24(13-19-37)27-8-2-3-9-30(27)41-21-20-36-14-4-5-15-36/h2-3,8-11,23-24,29H,4-7,12-22H2,1H3/p+1/t24?,29-/m1/s1. The van der Waals surface area contributed by atoms with Crippen LogP contribution in [0.2, 0.25) is 10.0 Å². The fraction of sp³-hybridized carbons (Fsp3) is 0.562. The third kappa shape index (κ3) is 7.88. The molecule has 1 atom stereocenters. The van der Waals surface area contributed by atoms with Crippen molar-refractivity contribution in [1.82, 2.24) is 15.1 Å². The molecule has 5 rings (SSSR count). The Bertz CT molecular complexity index is 1200. The van der Waals surface area contributed by atoms with E-state index in [9.17, 15) is 4.79 Å². The summed E-state index contributed by atoms with van der Waals surface area (Å²) in [5.41, 5.74) is 2.21. The van der Waals surface area contributed by atoms with Crippen molar-refractivity contribution >= 4 is 35.1 Å². The SMILES string of the molecule is COC([C@@H](Cc1ccc(Cl)cc1Cl)NC(=O)N1CCCC1)=[N+]1CCC(c2ccccc2OCCN2CCCC2)CC1. The average molecular weight is 603 g/mol. The van der Waals surface area contributed by atoms with E-state index >= 15 is 0 Å². The minimum absolute atomic E-state index is 0.0537. The lowest BCUT2D eigenvalue weighted by molar-refractivity contribution is -0.548. The molecule has 0 radical (unpaired) electrons. The summed E-state index contributed by atoms with van der Waals surface area (Å²) in [6, 6.07) is 13.6. The third-order valence-electron chi connectivity index (χ3n) is 8.67. The highest BCUT2D eigenvalue weighted by atomic mass is 35.5. The summed E-state index contributed by atoms with van der Waals surface area (Å²) in [6.07, 6.45) is 7.15. The minimum Gasteiger partial charge on any atom is -0.492 e. The Hall–Kier alpha value is -2.48. The van der Waals surface area contributed by atoms with Gasteiger partial charge in [-0.25, -0.2) is 9.37 Å². The molecule has 0 saturated carbocycles. The van der Waals surface area contributed by atoms with Gasteiger partial charge in [-0.3, -0.25) is 4.90 Å². The molecule has 3 aliphatic rings. The highest BCUT2D eigenvalue weighted by Gasteiger charge is 2.34. The van der Waals surface area contributed by atoms with Crippen LogP contribution in [-0.2, 0) is 11.2 Å². The lowest BCUT2D eigenvalue weighted by atomic mass is 9.89. The van der Waals surface area contributed by atoms with E-state index in [1.807, 2.05) is 17.0 Å². The van der Waals surface area contributed by atoms with Crippen LogP contribution in [0.15, 0.2) is 42.5 Å². The number of para-hydroxylation sites is 1. The molecule has 0 unspecified atom stereocenters. The highest BCUT2D eigenvalue weighted by Crippen LogP contribution is 2.34. The van der Waals surface area contributed by atoms with Crippen molar-refractivity contribution in [2.45, 2.75) is 56.9 Å². The molecule has 2 aromatic carbocycles. The van der Waals surface area contributed by atoms with Crippen LogP contribution in [0.4, 0.5) is 4.79 Å². The van der Waals surface area contributed by atoms with Crippen LogP contribution in [0.25, 0.3) is 0 Å². The van der Waals surface area contributed by atoms with Crippen LogP contribution in [0.1, 0.15) is 55.6 Å². The summed E-state index contributed by atoms with van der Waals surface area (Å²) >= 11 is 12.7. The summed E-state index contributed by atoms with van der Waals surface area (Å²) < 4.78 is 14.6. The predicted octanol–water partition coefficient (Wildman–Crippen LogP) is 5.82. The minimum atomic E-state index is -0.343. The zero-order valence-electron chi connectivity index (χ0n) is 24.1. The van der Waals surface area contributed by atoms with Crippen molar-refractivity contribution in [3.8, 4) is 5.75 Å². The molecule has 0 spiro atoms. The van der Waals surface area contributed by atoms with Gasteiger partial charge >= 0.3 is 11.9 Å². The van der Waals surface area contributed by atoms with E-state index in [2.05, 4.69) is 39.1 Å². The monoisotopic (exact) mass is 601 g/mol. The second kappa shape index (κ2) is 14.6. The number of hydrogen-bond acceptors (Lipinski definition) is 4. The first kappa shape index (κ1) is 30.0. The fourth-order valence-corrected chi connectivity index (χ4v) is 6.90. The Morgan fingerprint density at radius 3 is 2.44 bits per heavy atom. The van der Waals surface area contributed by atoms with Gasteiger partial charge in [-0.15, -0.1) is 0 Å². The molecule has 7 nitrogen and oxygen atoms in total. The fourth-order valence-electron chi connectivity index (χ4n) is 6.41. The summed E-state index contributed by atoms with van der Waals surface area (Å²) in [5.74, 6) is 2.20. The van der Waals surface area contributed by atoms with Crippen molar-refractivity contribution in [1.29, 1.82) is 0 Å². The number of carbonyl (C=O) groups excluding carboxylic acids is 1. The van der Waals surface area contributed by atoms with Gasteiger partial charge < -0.3 is 19.7 Å². The zero-order chi connectivity index (χ0) is 28.6. The number of urea groups is 1. The van der Waals surface area contributed by atoms with Crippen LogP contribution in [0, 0.1) is 0 Å². The first-order chi connectivity index (χ1) is 20.0. The molecule has 0 aliphatic carbocycles. The number of likely N-dealkylation sites (tertiary alicyclic amines) is 2. The lowest BCUT2D eigenvalue weighted by Crippen LogP contribution is -2.51. The van der Waals surface area contributed by atoms with E-state index < -0.39 is 0 Å². The third-order valence-corrected chi connectivity index (χ3v) is 9.25. The van der Waals surface area contributed by atoms with Gasteiger partial charge in [0, 0.05) is 48.9 Å². The number of rotatable bonds is 9. The molecule has 2 amide bonds. The molecule has 0 aromatic heterocycles. The first-order valence-electron chi connectivity index (χ1n) is 15.1. The Morgan fingerprint density at radius 2 is 1.73 bits per heavy atom. The number of benzene rings is 2.